The summed E-state index contributed by atoms with van der Waals surface area (Å²) >= 11 is 0. The van der Waals surface area contributed by atoms with Gasteiger partial charge in [-0.25, -0.2) is 0 Å². The molecule has 1 amide bonds. The van der Waals surface area contributed by atoms with Gasteiger partial charge in [0.05, 0.1) is 5.56 Å². The first-order valence-corrected chi connectivity index (χ1v) is 7.79. The van der Waals surface area contributed by atoms with Gasteiger partial charge in [0.25, 0.3) is 0 Å². The molecule has 2 heterocycles. The Balaban J connectivity index is 1.60. The van der Waals surface area contributed by atoms with Crippen LogP contribution in [0.25, 0.3) is 6.08 Å². The highest BCUT2D eigenvalue weighted by molar-refractivity contribution is 6.14. The van der Waals surface area contributed by atoms with Crippen LogP contribution in [0.4, 0.5) is 5.69 Å². The number of anilines is 1. The minimum atomic E-state index is -0.127. The van der Waals surface area contributed by atoms with Gasteiger partial charge >= 0.3 is 0 Å². The molecule has 0 fully saturated rings. The Labute approximate surface area is 144 Å². The van der Waals surface area contributed by atoms with Gasteiger partial charge in [0.15, 0.2) is 17.3 Å². The molecule has 0 saturated heterocycles. The molecule has 0 aromatic heterocycles. The van der Waals surface area contributed by atoms with Gasteiger partial charge in [-0.2, -0.15) is 0 Å². The van der Waals surface area contributed by atoms with Crippen molar-refractivity contribution in [1.82, 2.24) is 0 Å². The number of carbonyl (C=O) groups excluding carboxylic acids is 2. The summed E-state index contributed by atoms with van der Waals surface area (Å²) in [5.41, 5.74) is 2.58. The van der Waals surface area contributed by atoms with E-state index in [1.165, 1.54) is 6.92 Å². The molecule has 2 aliphatic rings. The number of carbonyl (C=O) groups is 2. The monoisotopic (exact) mass is 337 g/mol. The molecule has 0 spiro atoms. The van der Waals surface area contributed by atoms with Crippen LogP contribution in [0.1, 0.15) is 22.8 Å². The Kier molecular flexibility index (Phi) is 3.65. The molecule has 0 radical (unpaired) electrons. The SMILES string of the molecule is CC(=O)Nc1ccc(C=C2COc3cc4c(cc3C2=O)OCO4)cc1. The molecule has 126 valence electrons. The maximum absolute atomic E-state index is 12.7. The second-order valence-corrected chi connectivity index (χ2v) is 5.79. The molecule has 1 N–H and O–H groups in total. The minimum Gasteiger partial charge on any atom is -0.488 e. The lowest BCUT2D eigenvalue weighted by atomic mass is 9.98. The van der Waals surface area contributed by atoms with Crippen molar-refractivity contribution in [2.24, 2.45) is 0 Å². The standard InChI is InChI=1S/C19H15NO5/c1-11(21)20-14-4-2-12(3-5-14)6-13-9-23-16-8-18-17(24-10-25-18)7-15(16)19(13)22/h2-8H,9-10H2,1H3,(H,20,21). The van der Waals surface area contributed by atoms with Crippen LogP contribution in [0.3, 0.4) is 0 Å². The summed E-state index contributed by atoms with van der Waals surface area (Å²) in [4.78, 5) is 23.8. The molecule has 0 unspecified atom stereocenters. The first-order valence-electron chi connectivity index (χ1n) is 7.79. The van der Waals surface area contributed by atoms with Crippen molar-refractivity contribution >= 4 is 23.5 Å². The summed E-state index contributed by atoms with van der Waals surface area (Å²) in [6.07, 6.45) is 1.79. The first-order chi connectivity index (χ1) is 12.1. The molecule has 0 atom stereocenters. The number of fused-ring (bicyclic) bond motifs is 2. The third-order valence-electron chi connectivity index (χ3n) is 3.97. The van der Waals surface area contributed by atoms with Gasteiger partial charge in [0, 0.05) is 24.3 Å². The number of ketones is 1. The fourth-order valence-corrected chi connectivity index (χ4v) is 2.79. The predicted octanol–water partition coefficient (Wildman–Crippen LogP) is 3.03. The van der Waals surface area contributed by atoms with E-state index in [0.717, 1.165) is 5.56 Å². The van der Waals surface area contributed by atoms with Gasteiger partial charge in [-0.1, -0.05) is 12.1 Å². The second-order valence-electron chi connectivity index (χ2n) is 5.79. The highest BCUT2D eigenvalue weighted by Gasteiger charge is 2.27. The van der Waals surface area contributed by atoms with Gasteiger partial charge in [0.2, 0.25) is 12.7 Å². The molecular weight excluding hydrogens is 322 g/mol. The Morgan fingerprint density at radius 2 is 1.76 bits per heavy atom. The van der Waals surface area contributed by atoms with Crippen molar-refractivity contribution in [3.05, 3.63) is 53.1 Å². The van der Waals surface area contributed by atoms with E-state index >= 15 is 0 Å². The summed E-state index contributed by atoms with van der Waals surface area (Å²) in [5, 5.41) is 2.70. The van der Waals surface area contributed by atoms with Crippen molar-refractivity contribution in [2.75, 3.05) is 18.7 Å². The minimum absolute atomic E-state index is 0.0921. The van der Waals surface area contributed by atoms with Crippen LogP contribution in [0, 0.1) is 0 Å². The van der Waals surface area contributed by atoms with E-state index < -0.39 is 0 Å². The number of ether oxygens (including phenoxy) is 3. The normalized spacial score (nSPS) is 16.4. The van der Waals surface area contributed by atoms with Gasteiger partial charge in [-0.3, -0.25) is 9.59 Å². The Morgan fingerprint density at radius 3 is 2.48 bits per heavy atom. The van der Waals surface area contributed by atoms with Crippen LogP contribution < -0.4 is 19.5 Å². The quantitative estimate of drug-likeness (QED) is 0.853. The second kappa shape index (κ2) is 5.98. The molecule has 4 rings (SSSR count). The van der Waals surface area contributed by atoms with Crippen LogP contribution in [0.2, 0.25) is 0 Å². The van der Waals surface area contributed by atoms with Crippen LogP contribution in [-0.2, 0) is 4.79 Å². The fourth-order valence-electron chi connectivity index (χ4n) is 2.79. The molecule has 0 saturated carbocycles. The predicted molar refractivity (Wildman–Crippen MR) is 91.1 cm³/mol. The lowest BCUT2D eigenvalue weighted by molar-refractivity contribution is -0.114. The molecule has 25 heavy (non-hydrogen) atoms. The zero-order valence-electron chi connectivity index (χ0n) is 13.5. The van der Waals surface area contributed by atoms with Gasteiger partial charge < -0.3 is 19.5 Å². The highest BCUT2D eigenvalue weighted by Crippen LogP contribution is 2.40. The van der Waals surface area contributed by atoms with Crippen LogP contribution in [0.15, 0.2) is 42.0 Å². The van der Waals surface area contributed by atoms with Crippen molar-refractivity contribution in [3.63, 3.8) is 0 Å². The van der Waals surface area contributed by atoms with Gasteiger partial charge in [0.1, 0.15) is 12.4 Å². The van der Waals surface area contributed by atoms with Crippen LogP contribution >= 0.6 is 0 Å². The summed E-state index contributed by atoms with van der Waals surface area (Å²) in [6.45, 7) is 1.80. The average Bonchev–Trinajstić information content (AvgIpc) is 3.04. The van der Waals surface area contributed by atoms with E-state index in [4.69, 9.17) is 14.2 Å². The average molecular weight is 337 g/mol. The Morgan fingerprint density at radius 1 is 1.04 bits per heavy atom. The lowest BCUT2D eigenvalue weighted by Crippen LogP contribution is -2.19. The molecule has 2 aromatic carbocycles. The summed E-state index contributed by atoms with van der Waals surface area (Å²) < 4.78 is 16.3. The topological polar surface area (TPSA) is 73.9 Å². The molecule has 6 nitrogen and oxygen atoms in total. The third kappa shape index (κ3) is 2.94. The number of nitrogens with one attached hydrogen (secondary N) is 1. The molecule has 0 bridgehead atoms. The fraction of sp³-hybridized carbons (Fsp3) is 0.158. The number of Topliss-reactive ketones (excluding diaryl/α,β-unsaturated/α-hetero) is 1. The summed E-state index contributed by atoms with van der Waals surface area (Å²) in [7, 11) is 0. The number of hydrogen-bond donors (Lipinski definition) is 1. The van der Waals surface area contributed by atoms with Crippen molar-refractivity contribution in [2.45, 2.75) is 6.92 Å². The molecule has 0 aliphatic carbocycles. The van der Waals surface area contributed by atoms with E-state index in [1.807, 2.05) is 12.1 Å². The van der Waals surface area contributed by atoms with Crippen molar-refractivity contribution in [1.29, 1.82) is 0 Å². The molecule has 2 aliphatic heterocycles. The molecular formula is C19H15NO5. The number of benzene rings is 2. The summed E-state index contributed by atoms with van der Waals surface area (Å²) in [5.74, 6) is 1.43. The Hall–Kier alpha value is -3.28. The van der Waals surface area contributed by atoms with Crippen molar-refractivity contribution < 1.29 is 23.8 Å². The van der Waals surface area contributed by atoms with Crippen LogP contribution in [0.5, 0.6) is 17.2 Å². The van der Waals surface area contributed by atoms with E-state index in [-0.39, 0.29) is 25.1 Å². The van der Waals surface area contributed by atoms with Gasteiger partial charge in [-0.15, -0.1) is 0 Å². The highest BCUT2D eigenvalue weighted by atomic mass is 16.7. The zero-order valence-corrected chi connectivity index (χ0v) is 13.5. The first kappa shape index (κ1) is 15.3. The summed E-state index contributed by atoms with van der Waals surface area (Å²) in [6, 6.07) is 10.6. The van der Waals surface area contributed by atoms with Crippen molar-refractivity contribution in [3.8, 4) is 17.2 Å². The number of amides is 1. The van der Waals surface area contributed by atoms with E-state index in [9.17, 15) is 9.59 Å². The van der Waals surface area contributed by atoms with Crippen LogP contribution in [-0.4, -0.2) is 25.1 Å². The smallest absolute Gasteiger partial charge is 0.231 e. The maximum atomic E-state index is 12.7. The zero-order chi connectivity index (χ0) is 17.4. The number of hydrogen-bond acceptors (Lipinski definition) is 5. The molecule has 2 aromatic rings. The van der Waals surface area contributed by atoms with E-state index in [0.29, 0.717) is 34.1 Å². The number of rotatable bonds is 2. The Bertz CT molecular complexity index is 899. The lowest BCUT2D eigenvalue weighted by Gasteiger charge is -2.19. The van der Waals surface area contributed by atoms with Gasteiger partial charge in [-0.05, 0) is 29.8 Å². The maximum Gasteiger partial charge on any atom is 0.231 e. The van der Waals surface area contributed by atoms with E-state index in [1.54, 1.807) is 30.3 Å². The largest absolute Gasteiger partial charge is 0.488 e. The molecule has 6 heteroatoms. The third-order valence-corrected chi connectivity index (χ3v) is 3.97. The van der Waals surface area contributed by atoms with E-state index in [2.05, 4.69) is 5.32 Å².